The average molecular weight is 221 g/mol. The van der Waals surface area contributed by atoms with Gasteiger partial charge in [-0.2, -0.15) is 4.98 Å². The third-order valence-electron chi connectivity index (χ3n) is 1.74. The third kappa shape index (κ3) is 2.63. The summed E-state index contributed by atoms with van der Waals surface area (Å²) >= 11 is 1.61. The first kappa shape index (κ1) is 9.85. The van der Waals surface area contributed by atoms with E-state index < -0.39 is 0 Å². The Morgan fingerprint density at radius 1 is 1.47 bits per heavy atom. The van der Waals surface area contributed by atoms with E-state index in [4.69, 9.17) is 5.73 Å². The predicted octanol–water partition coefficient (Wildman–Crippen LogP) is 1.44. The SMILES string of the molecule is Cc1csc(CNc2nccc(N)n2)n1. The van der Waals surface area contributed by atoms with Crippen LogP contribution in [0.2, 0.25) is 0 Å². The van der Waals surface area contributed by atoms with Crippen molar-refractivity contribution in [1.82, 2.24) is 15.0 Å². The Bertz CT molecular complexity index is 453. The van der Waals surface area contributed by atoms with Crippen molar-refractivity contribution in [3.05, 3.63) is 28.3 Å². The van der Waals surface area contributed by atoms with E-state index in [1.807, 2.05) is 12.3 Å². The number of anilines is 2. The fourth-order valence-corrected chi connectivity index (χ4v) is 1.81. The highest BCUT2D eigenvalue weighted by Crippen LogP contribution is 2.10. The largest absolute Gasteiger partial charge is 0.384 e. The number of nitrogen functional groups attached to an aromatic ring is 1. The standard InChI is InChI=1S/C9H11N5S/c1-6-5-15-8(13-6)4-12-9-11-3-2-7(10)14-9/h2-3,5H,4H2,1H3,(H3,10,11,12,14). The first-order valence-electron chi connectivity index (χ1n) is 4.47. The van der Waals surface area contributed by atoms with Gasteiger partial charge in [0.1, 0.15) is 10.8 Å². The van der Waals surface area contributed by atoms with E-state index in [0.717, 1.165) is 10.7 Å². The van der Waals surface area contributed by atoms with Crippen LogP contribution >= 0.6 is 11.3 Å². The summed E-state index contributed by atoms with van der Waals surface area (Å²) in [4.78, 5) is 12.4. The molecule has 0 aromatic carbocycles. The van der Waals surface area contributed by atoms with Gasteiger partial charge in [0.2, 0.25) is 5.95 Å². The quantitative estimate of drug-likeness (QED) is 0.820. The van der Waals surface area contributed by atoms with Crippen LogP contribution in [0, 0.1) is 6.92 Å². The maximum absolute atomic E-state index is 5.53. The van der Waals surface area contributed by atoms with Gasteiger partial charge < -0.3 is 11.1 Å². The van der Waals surface area contributed by atoms with Crippen molar-refractivity contribution in [2.45, 2.75) is 13.5 Å². The molecule has 0 spiro atoms. The molecule has 15 heavy (non-hydrogen) atoms. The molecule has 2 aromatic rings. The zero-order valence-corrected chi connectivity index (χ0v) is 9.08. The van der Waals surface area contributed by atoms with E-state index in [1.54, 1.807) is 23.6 Å². The number of aromatic nitrogens is 3. The summed E-state index contributed by atoms with van der Waals surface area (Å²) in [6.45, 7) is 2.60. The minimum absolute atomic E-state index is 0.461. The van der Waals surface area contributed by atoms with Crippen molar-refractivity contribution in [1.29, 1.82) is 0 Å². The second-order valence-electron chi connectivity index (χ2n) is 3.04. The minimum atomic E-state index is 0.461. The number of hydrogen-bond acceptors (Lipinski definition) is 6. The van der Waals surface area contributed by atoms with Crippen LogP contribution in [0.3, 0.4) is 0 Å². The van der Waals surface area contributed by atoms with Crippen LogP contribution in [0.1, 0.15) is 10.7 Å². The van der Waals surface area contributed by atoms with Gasteiger partial charge in [0, 0.05) is 17.3 Å². The molecule has 0 saturated heterocycles. The monoisotopic (exact) mass is 221 g/mol. The molecule has 5 nitrogen and oxygen atoms in total. The maximum Gasteiger partial charge on any atom is 0.224 e. The molecule has 0 aliphatic carbocycles. The summed E-state index contributed by atoms with van der Waals surface area (Å²) in [5.74, 6) is 0.991. The highest BCUT2D eigenvalue weighted by Gasteiger charge is 2.00. The lowest BCUT2D eigenvalue weighted by Gasteiger charge is -2.01. The van der Waals surface area contributed by atoms with Crippen LogP contribution in [0.25, 0.3) is 0 Å². The second-order valence-corrected chi connectivity index (χ2v) is 3.98. The van der Waals surface area contributed by atoms with Crippen LogP contribution in [0.5, 0.6) is 0 Å². The van der Waals surface area contributed by atoms with Gasteiger partial charge in [0.25, 0.3) is 0 Å². The van der Waals surface area contributed by atoms with Crippen LogP contribution in [-0.4, -0.2) is 15.0 Å². The normalized spacial score (nSPS) is 10.2. The molecular formula is C9H11N5S. The molecule has 0 bridgehead atoms. The fraction of sp³-hybridized carbons (Fsp3) is 0.222. The van der Waals surface area contributed by atoms with Gasteiger partial charge >= 0.3 is 0 Å². The summed E-state index contributed by atoms with van der Waals surface area (Å²) < 4.78 is 0. The molecular weight excluding hydrogens is 210 g/mol. The zero-order chi connectivity index (χ0) is 10.7. The lowest BCUT2D eigenvalue weighted by molar-refractivity contribution is 1.03. The Hall–Kier alpha value is -1.69. The van der Waals surface area contributed by atoms with Crippen molar-refractivity contribution in [2.75, 3.05) is 11.1 Å². The van der Waals surface area contributed by atoms with Gasteiger partial charge in [-0.05, 0) is 13.0 Å². The molecule has 0 fully saturated rings. The lowest BCUT2D eigenvalue weighted by atomic mass is 10.5. The predicted molar refractivity (Wildman–Crippen MR) is 60.6 cm³/mol. The van der Waals surface area contributed by atoms with Crippen LogP contribution in [0.4, 0.5) is 11.8 Å². The van der Waals surface area contributed by atoms with Gasteiger partial charge in [-0.25, -0.2) is 9.97 Å². The van der Waals surface area contributed by atoms with Gasteiger partial charge in [0.15, 0.2) is 0 Å². The van der Waals surface area contributed by atoms with E-state index in [9.17, 15) is 0 Å². The van der Waals surface area contributed by atoms with E-state index in [1.165, 1.54) is 0 Å². The summed E-state index contributed by atoms with van der Waals surface area (Å²) in [6.07, 6.45) is 1.62. The number of rotatable bonds is 3. The van der Waals surface area contributed by atoms with Crippen LogP contribution in [0.15, 0.2) is 17.6 Å². The molecule has 78 valence electrons. The topological polar surface area (TPSA) is 76.7 Å². The lowest BCUT2D eigenvalue weighted by Crippen LogP contribution is -2.04. The van der Waals surface area contributed by atoms with Gasteiger partial charge in [-0.15, -0.1) is 11.3 Å². The van der Waals surface area contributed by atoms with Crippen molar-refractivity contribution >= 4 is 23.1 Å². The molecule has 0 atom stereocenters. The fourth-order valence-electron chi connectivity index (χ4n) is 1.10. The number of aryl methyl sites for hydroxylation is 1. The Kier molecular flexibility index (Phi) is 2.77. The Morgan fingerprint density at radius 2 is 2.33 bits per heavy atom. The molecule has 2 heterocycles. The second kappa shape index (κ2) is 4.22. The summed E-state index contributed by atoms with van der Waals surface area (Å²) in [5, 5.41) is 6.08. The molecule has 2 aromatic heterocycles. The van der Waals surface area contributed by atoms with Crippen molar-refractivity contribution in [2.24, 2.45) is 0 Å². The van der Waals surface area contributed by atoms with Crippen LogP contribution in [-0.2, 0) is 6.54 Å². The molecule has 0 unspecified atom stereocenters. The van der Waals surface area contributed by atoms with Gasteiger partial charge in [-0.3, -0.25) is 0 Å². The Morgan fingerprint density at radius 3 is 3.00 bits per heavy atom. The van der Waals surface area contributed by atoms with E-state index >= 15 is 0 Å². The highest BCUT2D eigenvalue weighted by molar-refractivity contribution is 7.09. The molecule has 0 amide bonds. The molecule has 0 saturated carbocycles. The highest BCUT2D eigenvalue weighted by atomic mass is 32.1. The maximum atomic E-state index is 5.53. The number of nitrogens with zero attached hydrogens (tertiary/aromatic N) is 3. The average Bonchev–Trinajstić information content (AvgIpc) is 2.62. The third-order valence-corrected chi connectivity index (χ3v) is 2.71. The summed E-state index contributed by atoms with van der Waals surface area (Å²) in [6, 6.07) is 1.65. The first-order chi connectivity index (χ1) is 7.24. The molecule has 0 radical (unpaired) electrons. The number of nitrogens with two attached hydrogens (primary N) is 1. The molecule has 0 aliphatic heterocycles. The Balaban J connectivity index is 1.99. The molecule has 6 heteroatoms. The first-order valence-corrected chi connectivity index (χ1v) is 5.35. The number of hydrogen-bond donors (Lipinski definition) is 2. The van der Waals surface area contributed by atoms with Crippen LogP contribution < -0.4 is 11.1 Å². The van der Waals surface area contributed by atoms with Crippen molar-refractivity contribution in [3.8, 4) is 0 Å². The van der Waals surface area contributed by atoms with E-state index in [-0.39, 0.29) is 0 Å². The van der Waals surface area contributed by atoms with Crippen molar-refractivity contribution < 1.29 is 0 Å². The van der Waals surface area contributed by atoms with Crippen molar-refractivity contribution in [3.63, 3.8) is 0 Å². The number of thiazole rings is 1. The smallest absolute Gasteiger partial charge is 0.224 e. The van der Waals surface area contributed by atoms with E-state index in [2.05, 4.69) is 20.3 Å². The minimum Gasteiger partial charge on any atom is -0.384 e. The molecule has 0 aliphatic rings. The zero-order valence-electron chi connectivity index (χ0n) is 8.27. The molecule has 3 N–H and O–H groups in total. The number of nitrogens with one attached hydrogen (secondary N) is 1. The summed E-state index contributed by atoms with van der Waals surface area (Å²) in [7, 11) is 0. The van der Waals surface area contributed by atoms with Gasteiger partial charge in [0.05, 0.1) is 6.54 Å². The van der Waals surface area contributed by atoms with Gasteiger partial charge in [-0.1, -0.05) is 0 Å². The summed E-state index contributed by atoms with van der Waals surface area (Å²) in [5.41, 5.74) is 6.56. The Labute approximate surface area is 91.4 Å². The van der Waals surface area contributed by atoms with E-state index in [0.29, 0.717) is 18.3 Å². The molecule has 2 rings (SSSR count).